The predicted octanol–water partition coefficient (Wildman–Crippen LogP) is 1.40. The van der Waals surface area contributed by atoms with Crippen molar-refractivity contribution in [2.45, 2.75) is 25.7 Å². The topological polar surface area (TPSA) is 40.5 Å². The van der Waals surface area contributed by atoms with E-state index >= 15 is 0 Å². The minimum absolute atomic E-state index is 0.563. The smallest absolute Gasteiger partial charge is 0.423 e. The standard InChI is InChI=1S/C14H15BO2/c16-15(17)12-7-8-14-11(9-12)6-5-10-3-1-2-4-13(10)14/h5-9,16-17H,1-4H2. The molecule has 0 amide bonds. The Morgan fingerprint density at radius 1 is 0.941 bits per heavy atom. The fraction of sp³-hybridized carbons (Fsp3) is 0.286. The molecule has 0 radical (unpaired) electrons. The summed E-state index contributed by atoms with van der Waals surface area (Å²) in [7, 11) is -1.38. The molecule has 0 saturated carbocycles. The highest BCUT2D eigenvalue weighted by atomic mass is 16.4. The molecule has 0 saturated heterocycles. The third-order valence-electron chi connectivity index (χ3n) is 3.67. The molecule has 0 fully saturated rings. The van der Waals surface area contributed by atoms with Gasteiger partial charge in [0.2, 0.25) is 0 Å². The van der Waals surface area contributed by atoms with Crippen LogP contribution in [-0.2, 0) is 12.8 Å². The molecule has 3 rings (SSSR count). The molecule has 2 N–H and O–H groups in total. The Bertz CT molecular complexity index is 563. The summed E-state index contributed by atoms with van der Waals surface area (Å²) in [5.74, 6) is 0. The molecule has 0 bridgehead atoms. The molecule has 2 nitrogen and oxygen atoms in total. The van der Waals surface area contributed by atoms with Gasteiger partial charge in [0.25, 0.3) is 0 Å². The van der Waals surface area contributed by atoms with E-state index < -0.39 is 7.12 Å². The first-order valence-corrected chi connectivity index (χ1v) is 6.16. The summed E-state index contributed by atoms with van der Waals surface area (Å²) in [5.41, 5.74) is 3.47. The third-order valence-corrected chi connectivity index (χ3v) is 3.67. The van der Waals surface area contributed by atoms with E-state index in [4.69, 9.17) is 0 Å². The van der Waals surface area contributed by atoms with Crippen LogP contribution in [-0.4, -0.2) is 17.2 Å². The first kappa shape index (κ1) is 10.8. The fourth-order valence-electron chi connectivity index (χ4n) is 2.77. The highest BCUT2D eigenvalue weighted by molar-refractivity contribution is 6.58. The van der Waals surface area contributed by atoms with Crippen LogP contribution in [0.2, 0.25) is 0 Å². The van der Waals surface area contributed by atoms with E-state index in [1.807, 2.05) is 18.2 Å². The Balaban J connectivity index is 2.20. The zero-order valence-corrected chi connectivity index (χ0v) is 9.69. The van der Waals surface area contributed by atoms with Crippen LogP contribution in [0.25, 0.3) is 10.8 Å². The molecule has 0 aliphatic heterocycles. The van der Waals surface area contributed by atoms with Crippen molar-refractivity contribution >= 4 is 23.4 Å². The molecule has 17 heavy (non-hydrogen) atoms. The molecule has 0 atom stereocenters. The quantitative estimate of drug-likeness (QED) is 0.721. The summed E-state index contributed by atoms with van der Waals surface area (Å²) < 4.78 is 0. The minimum atomic E-state index is -1.38. The van der Waals surface area contributed by atoms with Crippen molar-refractivity contribution in [1.29, 1.82) is 0 Å². The molecule has 0 aromatic heterocycles. The Morgan fingerprint density at radius 2 is 1.76 bits per heavy atom. The molecule has 0 unspecified atom stereocenters. The van der Waals surface area contributed by atoms with Gasteiger partial charge >= 0.3 is 7.12 Å². The van der Waals surface area contributed by atoms with Crippen LogP contribution in [0.4, 0.5) is 0 Å². The summed E-state index contributed by atoms with van der Waals surface area (Å²) >= 11 is 0. The van der Waals surface area contributed by atoms with Gasteiger partial charge in [-0.3, -0.25) is 0 Å². The van der Waals surface area contributed by atoms with E-state index in [2.05, 4.69) is 12.1 Å². The lowest BCUT2D eigenvalue weighted by Crippen LogP contribution is -2.29. The predicted molar refractivity (Wildman–Crippen MR) is 70.4 cm³/mol. The van der Waals surface area contributed by atoms with Crippen LogP contribution in [0.15, 0.2) is 30.3 Å². The molecule has 2 aromatic rings. The van der Waals surface area contributed by atoms with Crippen LogP contribution in [0, 0.1) is 0 Å². The highest BCUT2D eigenvalue weighted by Crippen LogP contribution is 2.28. The fourth-order valence-corrected chi connectivity index (χ4v) is 2.77. The summed E-state index contributed by atoms with van der Waals surface area (Å²) in [4.78, 5) is 0. The lowest BCUT2D eigenvalue weighted by Gasteiger charge is -2.18. The average Bonchev–Trinajstić information content (AvgIpc) is 2.38. The number of fused-ring (bicyclic) bond motifs is 3. The van der Waals surface area contributed by atoms with Crippen molar-refractivity contribution in [3.8, 4) is 0 Å². The van der Waals surface area contributed by atoms with E-state index in [1.54, 1.807) is 0 Å². The van der Waals surface area contributed by atoms with Crippen molar-refractivity contribution in [3.63, 3.8) is 0 Å². The Labute approximate surface area is 101 Å². The Morgan fingerprint density at radius 3 is 2.59 bits per heavy atom. The molecule has 1 aliphatic rings. The van der Waals surface area contributed by atoms with E-state index in [0.29, 0.717) is 5.46 Å². The van der Waals surface area contributed by atoms with Gasteiger partial charge in [0.1, 0.15) is 0 Å². The van der Waals surface area contributed by atoms with Gasteiger partial charge in [-0.25, -0.2) is 0 Å². The first-order valence-electron chi connectivity index (χ1n) is 6.16. The Kier molecular flexibility index (Phi) is 2.65. The van der Waals surface area contributed by atoms with Crippen molar-refractivity contribution in [3.05, 3.63) is 41.5 Å². The third kappa shape index (κ3) is 1.86. The van der Waals surface area contributed by atoms with E-state index in [-0.39, 0.29) is 0 Å². The van der Waals surface area contributed by atoms with Crippen molar-refractivity contribution in [1.82, 2.24) is 0 Å². The van der Waals surface area contributed by atoms with Crippen molar-refractivity contribution < 1.29 is 10.0 Å². The van der Waals surface area contributed by atoms with Crippen molar-refractivity contribution in [2.75, 3.05) is 0 Å². The minimum Gasteiger partial charge on any atom is -0.423 e. The lowest BCUT2D eigenvalue weighted by molar-refractivity contribution is 0.426. The molecule has 3 heteroatoms. The molecule has 1 aliphatic carbocycles. The number of hydrogen-bond acceptors (Lipinski definition) is 2. The molecule has 86 valence electrons. The van der Waals surface area contributed by atoms with Crippen LogP contribution >= 0.6 is 0 Å². The van der Waals surface area contributed by atoms with Crippen molar-refractivity contribution in [2.24, 2.45) is 0 Å². The second-order valence-electron chi connectivity index (χ2n) is 4.76. The number of benzene rings is 2. The van der Waals surface area contributed by atoms with Crippen LogP contribution < -0.4 is 5.46 Å². The summed E-state index contributed by atoms with van der Waals surface area (Å²) in [6.07, 6.45) is 4.87. The van der Waals surface area contributed by atoms with Crippen LogP contribution in [0.1, 0.15) is 24.0 Å². The highest BCUT2D eigenvalue weighted by Gasteiger charge is 2.15. The lowest BCUT2D eigenvalue weighted by atomic mass is 9.78. The second kappa shape index (κ2) is 4.17. The van der Waals surface area contributed by atoms with Crippen LogP contribution in [0.5, 0.6) is 0 Å². The number of rotatable bonds is 1. The van der Waals surface area contributed by atoms with Gasteiger partial charge in [-0.05, 0) is 53.0 Å². The van der Waals surface area contributed by atoms with E-state index in [9.17, 15) is 10.0 Å². The average molecular weight is 226 g/mol. The summed E-state index contributed by atoms with van der Waals surface area (Å²) in [5, 5.41) is 20.7. The van der Waals surface area contributed by atoms with Gasteiger partial charge in [0, 0.05) is 0 Å². The molecule has 2 aromatic carbocycles. The van der Waals surface area contributed by atoms with Gasteiger partial charge in [-0.1, -0.05) is 30.3 Å². The molecule has 0 heterocycles. The van der Waals surface area contributed by atoms with Gasteiger partial charge < -0.3 is 10.0 Å². The maximum atomic E-state index is 9.18. The SMILES string of the molecule is OB(O)c1ccc2c3c(ccc2c1)CCCC3. The maximum Gasteiger partial charge on any atom is 0.488 e. The zero-order chi connectivity index (χ0) is 11.8. The maximum absolute atomic E-state index is 9.18. The normalized spacial score (nSPS) is 14.7. The van der Waals surface area contributed by atoms with Gasteiger partial charge in [-0.2, -0.15) is 0 Å². The van der Waals surface area contributed by atoms with Gasteiger partial charge in [0.05, 0.1) is 0 Å². The van der Waals surface area contributed by atoms with Crippen LogP contribution in [0.3, 0.4) is 0 Å². The zero-order valence-electron chi connectivity index (χ0n) is 9.69. The van der Waals surface area contributed by atoms with Gasteiger partial charge in [-0.15, -0.1) is 0 Å². The molecule has 0 spiro atoms. The first-order chi connectivity index (χ1) is 8.25. The number of hydrogen-bond donors (Lipinski definition) is 2. The summed E-state index contributed by atoms with van der Waals surface area (Å²) in [6.45, 7) is 0. The second-order valence-corrected chi connectivity index (χ2v) is 4.76. The van der Waals surface area contributed by atoms with E-state index in [1.165, 1.54) is 35.8 Å². The molecular formula is C14H15BO2. The Hall–Kier alpha value is -1.32. The largest absolute Gasteiger partial charge is 0.488 e. The molecular weight excluding hydrogens is 211 g/mol. The monoisotopic (exact) mass is 226 g/mol. The number of aryl methyl sites for hydroxylation is 2. The van der Waals surface area contributed by atoms with Gasteiger partial charge in [0.15, 0.2) is 0 Å². The summed E-state index contributed by atoms with van der Waals surface area (Å²) in [6, 6.07) is 9.97. The van der Waals surface area contributed by atoms with E-state index in [0.717, 1.165) is 11.8 Å².